The molecule has 0 aliphatic rings. The number of fused-ring (bicyclic) bond motifs is 13. The molecule has 0 unspecified atom stereocenters. The Hall–Kier alpha value is -5.94. The van der Waals surface area contributed by atoms with Crippen LogP contribution in [0.5, 0.6) is 0 Å². The first-order valence-electron chi connectivity index (χ1n) is 14.5. The average Bonchev–Trinajstić information content (AvgIpc) is 3.77. The number of rotatable bonds is 1. The van der Waals surface area contributed by atoms with Crippen LogP contribution in [0.4, 0.5) is 0 Å². The van der Waals surface area contributed by atoms with Gasteiger partial charge in [0.15, 0.2) is 5.65 Å². The number of hydrogen-bond acceptors (Lipinski definition) is 3. The van der Waals surface area contributed by atoms with Crippen LogP contribution in [0, 0.1) is 0 Å². The molecule has 0 N–H and O–H groups in total. The van der Waals surface area contributed by atoms with E-state index in [2.05, 4.69) is 93.9 Å². The molecule has 0 aliphatic carbocycles. The Morgan fingerprint density at radius 1 is 0.465 bits per heavy atom. The first kappa shape index (κ1) is 21.8. The Bertz CT molecular complexity index is 2960. The number of furan rings is 1. The molecule has 0 spiro atoms. The summed E-state index contributed by atoms with van der Waals surface area (Å²) < 4.78 is 11.0. The predicted octanol–water partition coefficient (Wildman–Crippen LogP) is 9.78. The second-order valence-electron chi connectivity index (χ2n) is 11.4. The molecule has 6 aromatic carbocycles. The van der Waals surface area contributed by atoms with E-state index in [9.17, 15) is 0 Å². The Labute approximate surface area is 243 Å². The van der Waals surface area contributed by atoms with E-state index in [1.54, 1.807) is 0 Å². The lowest BCUT2D eigenvalue weighted by Gasteiger charge is -2.08. The second kappa shape index (κ2) is 7.46. The van der Waals surface area contributed by atoms with Crippen LogP contribution in [-0.4, -0.2) is 18.9 Å². The van der Waals surface area contributed by atoms with Crippen molar-refractivity contribution >= 4 is 93.1 Å². The zero-order valence-corrected chi connectivity index (χ0v) is 22.7. The van der Waals surface area contributed by atoms with Gasteiger partial charge >= 0.3 is 0 Å². The smallest absolute Gasteiger partial charge is 0.165 e. The molecule has 0 bridgehead atoms. The van der Waals surface area contributed by atoms with Crippen LogP contribution in [0.15, 0.2) is 126 Å². The summed E-state index contributed by atoms with van der Waals surface area (Å²) in [5, 5.41) is 8.24. The fraction of sp³-hybridized carbons (Fsp3) is 0. The minimum absolute atomic E-state index is 0.892. The zero-order valence-electron chi connectivity index (χ0n) is 22.7. The van der Waals surface area contributed by atoms with Crippen LogP contribution in [0.2, 0.25) is 0 Å². The Balaban J connectivity index is 1.29. The Morgan fingerprint density at radius 3 is 2.09 bits per heavy atom. The average molecular weight is 549 g/mol. The zero-order chi connectivity index (χ0) is 27.8. The quantitative estimate of drug-likeness (QED) is 0.205. The lowest BCUT2D eigenvalue weighted by Crippen LogP contribution is -1.93. The first-order valence-corrected chi connectivity index (χ1v) is 14.5. The van der Waals surface area contributed by atoms with Gasteiger partial charge in [-0.2, -0.15) is 0 Å². The van der Waals surface area contributed by atoms with Gasteiger partial charge in [0.1, 0.15) is 16.7 Å². The minimum atomic E-state index is 0.892. The van der Waals surface area contributed by atoms with Crippen molar-refractivity contribution in [3.63, 3.8) is 0 Å². The molecule has 0 aliphatic heterocycles. The van der Waals surface area contributed by atoms with E-state index in [1.165, 1.54) is 38.1 Å². The van der Waals surface area contributed by atoms with E-state index in [-0.39, 0.29) is 0 Å². The van der Waals surface area contributed by atoms with Gasteiger partial charge in [0.2, 0.25) is 0 Å². The number of benzene rings is 6. The molecule has 0 radical (unpaired) electrons. The summed E-state index contributed by atoms with van der Waals surface area (Å²) in [6.07, 6.45) is 0. The van der Waals surface area contributed by atoms with Gasteiger partial charge in [-0.3, -0.25) is 4.40 Å². The maximum absolute atomic E-state index is 6.30. The van der Waals surface area contributed by atoms with Crippen molar-refractivity contribution < 1.29 is 4.42 Å². The van der Waals surface area contributed by atoms with Crippen LogP contribution in [0.3, 0.4) is 0 Å². The third kappa shape index (κ3) is 2.63. The van der Waals surface area contributed by atoms with Crippen molar-refractivity contribution in [3.8, 4) is 5.69 Å². The van der Waals surface area contributed by atoms with Crippen LogP contribution >= 0.6 is 0 Å². The molecule has 5 heteroatoms. The van der Waals surface area contributed by atoms with Gasteiger partial charge in [-0.15, -0.1) is 0 Å². The topological polar surface area (TPSA) is 48.3 Å². The maximum atomic E-state index is 6.30. The molecular formula is C38H20N4O. The van der Waals surface area contributed by atoms with E-state index in [4.69, 9.17) is 14.4 Å². The van der Waals surface area contributed by atoms with Crippen LogP contribution < -0.4 is 0 Å². The normalized spacial score (nSPS) is 12.7. The molecule has 0 saturated carbocycles. The maximum Gasteiger partial charge on any atom is 0.165 e. The summed E-state index contributed by atoms with van der Waals surface area (Å²) >= 11 is 0. The molecular weight excluding hydrogens is 528 g/mol. The third-order valence-electron chi connectivity index (χ3n) is 9.22. The molecule has 43 heavy (non-hydrogen) atoms. The molecule has 0 amide bonds. The minimum Gasteiger partial charge on any atom is -0.456 e. The molecule has 11 rings (SSSR count). The van der Waals surface area contributed by atoms with Crippen LogP contribution in [-0.2, 0) is 0 Å². The van der Waals surface area contributed by atoms with Crippen molar-refractivity contribution in [2.45, 2.75) is 0 Å². The molecule has 11 aromatic rings. The lowest BCUT2D eigenvalue weighted by molar-refractivity contribution is 0.668. The molecule has 5 nitrogen and oxygen atoms in total. The molecule has 198 valence electrons. The number of para-hydroxylation sites is 5. The monoisotopic (exact) mass is 548 g/mol. The molecule has 0 fully saturated rings. The van der Waals surface area contributed by atoms with Crippen molar-refractivity contribution in [2.75, 3.05) is 0 Å². The summed E-state index contributed by atoms with van der Waals surface area (Å²) in [6, 6.07) is 42.8. The van der Waals surface area contributed by atoms with Crippen molar-refractivity contribution in [1.82, 2.24) is 18.9 Å². The summed E-state index contributed by atoms with van der Waals surface area (Å²) in [7, 11) is 0. The van der Waals surface area contributed by atoms with Crippen LogP contribution in [0.25, 0.3) is 98.8 Å². The van der Waals surface area contributed by atoms with Crippen molar-refractivity contribution in [1.29, 1.82) is 0 Å². The summed E-state index contributed by atoms with van der Waals surface area (Å²) in [6.45, 7) is 0. The highest BCUT2D eigenvalue weighted by atomic mass is 16.3. The summed E-state index contributed by atoms with van der Waals surface area (Å²) in [5.41, 5.74) is 11.2. The van der Waals surface area contributed by atoms with E-state index in [0.717, 1.165) is 60.7 Å². The first-order chi connectivity index (χ1) is 21.3. The van der Waals surface area contributed by atoms with Crippen LogP contribution in [0.1, 0.15) is 0 Å². The molecule has 5 aromatic heterocycles. The van der Waals surface area contributed by atoms with Crippen molar-refractivity contribution in [3.05, 3.63) is 121 Å². The standard InChI is InChI=1S/C38H20N4O/c1-5-14-31-22(8-1)27-19-33-28(20-32(27)41(31)21-16-17-24-23-9-2-6-15-34(23)43-35(24)18-21)25-10-7-11-26-36-38(42(33)37(25)26)40-30-13-4-3-12-29(30)39-36/h1-20H. The van der Waals surface area contributed by atoms with E-state index in [0.29, 0.717) is 0 Å². The Kier molecular flexibility index (Phi) is 3.78. The highest BCUT2D eigenvalue weighted by molar-refractivity contribution is 6.25. The van der Waals surface area contributed by atoms with Gasteiger partial charge in [-0.05, 0) is 48.5 Å². The highest BCUT2D eigenvalue weighted by Gasteiger charge is 2.22. The van der Waals surface area contributed by atoms with Gasteiger partial charge in [0.05, 0.1) is 33.1 Å². The summed E-state index contributed by atoms with van der Waals surface area (Å²) in [5.74, 6) is 0. The second-order valence-corrected chi connectivity index (χ2v) is 11.4. The van der Waals surface area contributed by atoms with E-state index >= 15 is 0 Å². The SMILES string of the molecule is c1ccc2nc3c(nc2c1)c1cccc2c4cc5c(cc4n3c21)c1ccccc1n5-c1ccc2c(c1)oc1ccccc12. The third-order valence-corrected chi connectivity index (χ3v) is 9.22. The Morgan fingerprint density at radius 2 is 1.16 bits per heavy atom. The van der Waals surface area contributed by atoms with Gasteiger partial charge in [-0.1, -0.05) is 66.7 Å². The van der Waals surface area contributed by atoms with Crippen molar-refractivity contribution in [2.24, 2.45) is 0 Å². The lowest BCUT2D eigenvalue weighted by atomic mass is 10.1. The number of nitrogens with zero attached hydrogens (tertiary/aromatic N) is 4. The predicted molar refractivity (Wildman–Crippen MR) is 176 cm³/mol. The fourth-order valence-electron chi connectivity index (χ4n) is 7.40. The largest absolute Gasteiger partial charge is 0.456 e. The van der Waals surface area contributed by atoms with Gasteiger partial charge in [0, 0.05) is 49.5 Å². The molecule has 0 atom stereocenters. The highest BCUT2D eigenvalue weighted by Crippen LogP contribution is 2.42. The number of hydrogen-bond donors (Lipinski definition) is 0. The molecule has 5 heterocycles. The van der Waals surface area contributed by atoms with Gasteiger partial charge < -0.3 is 8.98 Å². The molecule has 0 saturated heterocycles. The summed E-state index contributed by atoms with van der Waals surface area (Å²) in [4.78, 5) is 10.2. The fourth-order valence-corrected chi connectivity index (χ4v) is 7.40. The van der Waals surface area contributed by atoms with Gasteiger partial charge in [-0.25, -0.2) is 9.97 Å². The van der Waals surface area contributed by atoms with Gasteiger partial charge in [0.25, 0.3) is 0 Å². The van der Waals surface area contributed by atoms with E-state index < -0.39 is 0 Å². The number of aromatic nitrogens is 4. The van der Waals surface area contributed by atoms with E-state index in [1.807, 2.05) is 36.4 Å².